The monoisotopic (exact) mass is 302 g/mol. The Morgan fingerprint density at radius 1 is 1.23 bits per heavy atom. The van der Waals surface area contributed by atoms with Crippen molar-refractivity contribution in [1.29, 1.82) is 0 Å². The van der Waals surface area contributed by atoms with Crippen LogP contribution in [0.5, 0.6) is 0 Å². The summed E-state index contributed by atoms with van der Waals surface area (Å²) < 4.78 is 0. The molecule has 1 aromatic heterocycles. The highest BCUT2D eigenvalue weighted by atomic mass is 16.2. The van der Waals surface area contributed by atoms with Crippen molar-refractivity contribution in [3.8, 4) is 0 Å². The smallest absolute Gasteiger partial charge is 0.242 e. The number of aromatic nitrogens is 2. The Morgan fingerprint density at radius 3 is 2.68 bits per heavy atom. The van der Waals surface area contributed by atoms with Gasteiger partial charge in [-0.2, -0.15) is 0 Å². The zero-order valence-corrected chi connectivity index (χ0v) is 13.7. The van der Waals surface area contributed by atoms with Crippen molar-refractivity contribution in [2.24, 2.45) is 0 Å². The Bertz CT molecular complexity index is 511. The van der Waals surface area contributed by atoms with Crippen LogP contribution in [0.3, 0.4) is 0 Å². The van der Waals surface area contributed by atoms with E-state index < -0.39 is 0 Å². The molecule has 3 heterocycles. The van der Waals surface area contributed by atoms with Crippen molar-refractivity contribution in [2.75, 3.05) is 26.2 Å². The minimum Gasteiger partial charge on any atom is -0.340 e. The molecular weight excluding hydrogens is 276 g/mol. The maximum atomic E-state index is 13.0. The normalized spacial score (nSPS) is 23.7. The molecule has 0 saturated carbocycles. The summed E-state index contributed by atoms with van der Waals surface area (Å²) in [6, 6.07) is 1.98. The molecule has 0 spiro atoms. The summed E-state index contributed by atoms with van der Waals surface area (Å²) in [4.78, 5) is 25.8. The van der Waals surface area contributed by atoms with Gasteiger partial charge in [-0.3, -0.25) is 9.69 Å². The van der Waals surface area contributed by atoms with E-state index in [4.69, 9.17) is 0 Å². The van der Waals surface area contributed by atoms with Gasteiger partial charge in [-0.05, 0) is 58.7 Å². The number of rotatable bonds is 3. The number of piperidine rings is 1. The minimum absolute atomic E-state index is 0.271. The second-order valence-corrected chi connectivity index (χ2v) is 6.98. The predicted molar refractivity (Wildman–Crippen MR) is 85.5 cm³/mol. The quantitative estimate of drug-likeness (QED) is 0.857. The average Bonchev–Trinajstić information content (AvgIpc) is 3.10. The minimum atomic E-state index is -0.385. The van der Waals surface area contributed by atoms with Crippen molar-refractivity contribution < 1.29 is 4.79 Å². The molecule has 5 heteroatoms. The van der Waals surface area contributed by atoms with Gasteiger partial charge in [0.1, 0.15) is 6.33 Å². The Hall–Kier alpha value is -1.49. The summed E-state index contributed by atoms with van der Waals surface area (Å²) in [6.07, 6.45) is 7.96. The maximum Gasteiger partial charge on any atom is 0.242 e. The molecule has 3 rings (SSSR count). The third kappa shape index (κ3) is 3.00. The van der Waals surface area contributed by atoms with E-state index in [1.54, 1.807) is 12.5 Å². The molecule has 0 radical (unpaired) electrons. The average molecular weight is 302 g/mol. The van der Waals surface area contributed by atoms with Crippen molar-refractivity contribution in [3.05, 3.63) is 24.3 Å². The SMILES string of the molecule is CC(C)(C(=O)N1CCC[C@H](c2ccncn2)C1)N1CCCC1. The summed E-state index contributed by atoms with van der Waals surface area (Å²) in [5.74, 6) is 0.614. The number of carbonyl (C=O) groups is 1. The molecule has 2 saturated heterocycles. The molecule has 1 atom stereocenters. The molecule has 1 amide bonds. The number of amides is 1. The van der Waals surface area contributed by atoms with Gasteiger partial charge in [-0.25, -0.2) is 9.97 Å². The molecule has 2 aliphatic heterocycles. The molecular formula is C17H26N4O. The van der Waals surface area contributed by atoms with Gasteiger partial charge in [0.15, 0.2) is 0 Å². The fourth-order valence-corrected chi connectivity index (χ4v) is 3.74. The van der Waals surface area contributed by atoms with Gasteiger partial charge in [0.2, 0.25) is 5.91 Å². The molecule has 0 unspecified atom stereocenters. The van der Waals surface area contributed by atoms with Crippen molar-refractivity contribution in [3.63, 3.8) is 0 Å². The molecule has 22 heavy (non-hydrogen) atoms. The van der Waals surface area contributed by atoms with Crippen LogP contribution in [0.1, 0.15) is 51.1 Å². The zero-order valence-electron chi connectivity index (χ0n) is 13.7. The van der Waals surface area contributed by atoms with Gasteiger partial charge >= 0.3 is 0 Å². The van der Waals surface area contributed by atoms with E-state index in [2.05, 4.69) is 33.6 Å². The molecule has 1 aromatic rings. The lowest BCUT2D eigenvalue weighted by Gasteiger charge is -2.41. The summed E-state index contributed by atoms with van der Waals surface area (Å²) in [6.45, 7) is 7.90. The lowest BCUT2D eigenvalue weighted by molar-refractivity contribution is -0.143. The molecule has 0 aromatic carbocycles. The van der Waals surface area contributed by atoms with Gasteiger partial charge in [0.25, 0.3) is 0 Å². The summed E-state index contributed by atoms with van der Waals surface area (Å²) in [7, 11) is 0. The summed E-state index contributed by atoms with van der Waals surface area (Å²) in [5.41, 5.74) is 0.677. The highest BCUT2D eigenvalue weighted by molar-refractivity contribution is 5.85. The summed E-state index contributed by atoms with van der Waals surface area (Å²) >= 11 is 0. The van der Waals surface area contributed by atoms with E-state index in [1.807, 2.05) is 6.07 Å². The first-order valence-corrected chi connectivity index (χ1v) is 8.39. The number of likely N-dealkylation sites (tertiary alicyclic amines) is 2. The third-order valence-corrected chi connectivity index (χ3v) is 5.15. The molecule has 0 N–H and O–H groups in total. The van der Waals surface area contributed by atoms with Crippen molar-refractivity contribution >= 4 is 5.91 Å². The third-order valence-electron chi connectivity index (χ3n) is 5.15. The number of hydrogen-bond donors (Lipinski definition) is 0. The topological polar surface area (TPSA) is 49.3 Å². The van der Waals surface area contributed by atoms with Crippen molar-refractivity contribution in [1.82, 2.24) is 19.8 Å². The van der Waals surface area contributed by atoms with Crippen molar-refractivity contribution in [2.45, 2.75) is 51.0 Å². The number of hydrogen-bond acceptors (Lipinski definition) is 4. The van der Waals surface area contributed by atoms with Crippen LogP contribution in [-0.4, -0.2) is 57.4 Å². The molecule has 0 aliphatic carbocycles. The Morgan fingerprint density at radius 2 is 2.00 bits per heavy atom. The fourth-order valence-electron chi connectivity index (χ4n) is 3.74. The highest BCUT2D eigenvalue weighted by Crippen LogP contribution is 2.29. The first kappa shape index (κ1) is 15.4. The van der Waals surface area contributed by atoms with Gasteiger partial charge in [0.05, 0.1) is 5.54 Å². The Kier molecular flexibility index (Phi) is 4.43. The Balaban J connectivity index is 1.70. The van der Waals surface area contributed by atoms with E-state index in [-0.39, 0.29) is 11.4 Å². The fraction of sp³-hybridized carbons (Fsp3) is 0.706. The molecule has 2 fully saturated rings. The van der Waals surface area contributed by atoms with Crippen LogP contribution in [-0.2, 0) is 4.79 Å². The van der Waals surface area contributed by atoms with E-state index in [0.717, 1.165) is 44.7 Å². The molecule has 0 bridgehead atoms. The predicted octanol–water partition coefficient (Wildman–Crippen LogP) is 2.06. The highest BCUT2D eigenvalue weighted by Gasteiger charge is 2.40. The maximum absolute atomic E-state index is 13.0. The van der Waals surface area contributed by atoms with E-state index >= 15 is 0 Å². The number of carbonyl (C=O) groups excluding carboxylic acids is 1. The molecule has 5 nitrogen and oxygen atoms in total. The van der Waals surface area contributed by atoms with Gasteiger partial charge in [-0.15, -0.1) is 0 Å². The lowest BCUT2D eigenvalue weighted by atomic mass is 9.92. The second-order valence-electron chi connectivity index (χ2n) is 6.98. The lowest BCUT2D eigenvalue weighted by Crippen LogP contribution is -2.56. The van der Waals surface area contributed by atoms with Gasteiger partial charge in [-0.1, -0.05) is 0 Å². The van der Waals surface area contributed by atoms with Crippen LogP contribution in [0.4, 0.5) is 0 Å². The first-order valence-electron chi connectivity index (χ1n) is 8.39. The first-order chi connectivity index (χ1) is 10.6. The van der Waals surface area contributed by atoms with E-state index in [0.29, 0.717) is 5.92 Å². The second kappa shape index (κ2) is 6.32. The number of nitrogens with zero attached hydrogens (tertiary/aromatic N) is 4. The largest absolute Gasteiger partial charge is 0.340 e. The van der Waals surface area contributed by atoms with E-state index in [1.165, 1.54) is 12.8 Å². The summed E-state index contributed by atoms with van der Waals surface area (Å²) in [5, 5.41) is 0. The van der Waals surface area contributed by atoms with Crippen LogP contribution >= 0.6 is 0 Å². The van der Waals surface area contributed by atoms with Crippen LogP contribution in [0.2, 0.25) is 0 Å². The van der Waals surface area contributed by atoms with E-state index in [9.17, 15) is 4.79 Å². The van der Waals surface area contributed by atoms with Crippen LogP contribution < -0.4 is 0 Å². The van der Waals surface area contributed by atoms with Crippen LogP contribution in [0.15, 0.2) is 18.6 Å². The molecule has 2 aliphatic rings. The molecule has 120 valence electrons. The Labute approximate surface area is 132 Å². The van der Waals surface area contributed by atoms with Crippen LogP contribution in [0, 0.1) is 0 Å². The van der Waals surface area contributed by atoms with Gasteiger partial charge < -0.3 is 4.90 Å². The van der Waals surface area contributed by atoms with Crippen LogP contribution in [0.25, 0.3) is 0 Å². The zero-order chi connectivity index (χ0) is 15.6. The van der Waals surface area contributed by atoms with Gasteiger partial charge in [0, 0.05) is 30.9 Å². The standard InChI is InChI=1S/C17H26N4O/c1-17(2,21-10-3-4-11-21)16(22)20-9-5-6-14(12-20)15-7-8-18-13-19-15/h7-8,13-14H,3-6,9-12H2,1-2H3/t14-/m0/s1.